The van der Waals surface area contributed by atoms with Crippen molar-refractivity contribution in [1.29, 1.82) is 0 Å². The minimum Gasteiger partial charge on any atom is -0.490 e. The van der Waals surface area contributed by atoms with E-state index in [1.165, 1.54) is 12.3 Å². The molecule has 3 aromatic rings. The van der Waals surface area contributed by atoms with Crippen LogP contribution in [0.4, 0.5) is 4.39 Å². The van der Waals surface area contributed by atoms with Crippen LogP contribution in [0.3, 0.4) is 0 Å². The summed E-state index contributed by atoms with van der Waals surface area (Å²) in [5, 5.41) is 10.4. The molecular formula is C32H32BrFN4O6S. The first-order chi connectivity index (χ1) is 21.7. The number of amides is 1. The molecule has 1 heterocycles. The summed E-state index contributed by atoms with van der Waals surface area (Å²) in [6, 6.07) is 16.2. The van der Waals surface area contributed by atoms with Gasteiger partial charge < -0.3 is 29.6 Å². The van der Waals surface area contributed by atoms with Crippen molar-refractivity contribution in [3.8, 4) is 17.2 Å². The zero-order chi connectivity index (χ0) is 32.3. The van der Waals surface area contributed by atoms with Gasteiger partial charge in [0, 0.05) is 16.8 Å². The highest BCUT2D eigenvalue weighted by Gasteiger charge is 2.32. The Hall–Kier alpha value is -4.49. The quantitative estimate of drug-likeness (QED) is 0.0927. The number of rotatable bonds is 13. The molecule has 4 rings (SSSR count). The van der Waals surface area contributed by atoms with E-state index >= 15 is 0 Å². The highest BCUT2D eigenvalue weighted by atomic mass is 79.9. The number of ether oxygens (including phenoxy) is 4. The van der Waals surface area contributed by atoms with E-state index in [9.17, 15) is 14.0 Å². The number of carbonyl (C=O) groups excluding carboxylic acids is 2. The third-order valence-corrected chi connectivity index (χ3v) is 7.23. The van der Waals surface area contributed by atoms with Gasteiger partial charge in [-0.15, -0.1) is 0 Å². The van der Waals surface area contributed by atoms with Crippen LogP contribution in [0.25, 0.3) is 0 Å². The molecule has 1 amide bonds. The van der Waals surface area contributed by atoms with E-state index < -0.39 is 17.9 Å². The van der Waals surface area contributed by atoms with Gasteiger partial charge in [0.2, 0.25) is 0 Å². The summed E-state index contributed by atoms with van der Waals surface area (Å²) < 4.78 is 37.3. The maximum absolute atomic E-state index is 14.1. The standard InChI is InChI=1S/C32H32BrFN4O6S/c1-4-41-26-15-20(14-23(33)30(26)44-17-21-10-6-8-12-24(21)34)16-35-38-27(39)18-43-25-13-9-7-11-22(25)29-28(31(40)42-5-2)19(3)36-32(45)37-29/h6-16,29H,4-5,17-18H2,1-3H3,(H,38,39)(H2,36,37,45)/t29-/m0/s1. The minimum atomic E-state index is -0.647. The Kier molecular flexibility index (Phi) is 11.9. The third-order valence-electron chi connectivity index (χ3n) is 6.42. The van der Waals surface area contributed by atoms with Crippen LogP contribution in [-0.4, -0.2) is 43.0 Å². The summed E-state index contributed by atoms with van der Waals surface area (Å²) in [7, 11) is 0. The van der Waals surface area contributed by atoms with Gasteiger partial charge in [0.25, 0.3) is 5.91 Å². The van der Waals surface area contributed by atoms with Crippen molar-refractivity contribution in [2.45, 2.75) is 33.4 Å². The topological polar surface area (TPSA) is 120 Å². The molecule has 45 heavy (non-hydrogen) atoms. The molecule has 1 aliphatic rings. The van der Waals surface area contributed by atoms with Crippen LogP contribution in [-0.2, 0) is 20.9 Å². The molecule has 0 radical (unpaired) electrons. The molecule has 0 aliphatic carbocycles. The number of hydrogen-bond donors (Lipinski definition) is 3. The van der Waals surface area contributed by atoms with E-state index in [2.05, 4.69) is 37.1 Å². The Morgan fingerprint density at radius 1 is 1.04 bits per heavy atom. The van der Waals surface area contributed by atoms with E-state index in [1.807, 2.05) is 6.92 Å². The molecular weight excluding hydrogens is 667 g/mol. The Morgan fingerprint density at radius 3 is 2.56 bits per heavy atom. The van der Waals surface area contributed by atoms with Crippen molar-refractivity contribution in [1.82, 2.24) is 16.1 Å². The molecule has 10 nitrogen and oxygen atoms in total. The molecule has 0 aromatic heterocycles. The predicted molar refractivity (Wildman–Crippen MR) is 175 cm³/mol. The lowest BCUT2D eigenvalue weighted by atomic mass is 9.95. The number of para-hydroxylation sites is 1. The summed E-state index contributed by atoms with van der Waals surface area (Å²) >= 11 is 8.80. The van der Waals surface area contributed by atoms with E-state index in [1.54, 1.807) is 68.4 Å². The lowest BCUT2D eigenvalue weighted by Gasteiger charge is -2.30. The average molecular weight is 700 g/mol. The van der Waals surface area contributed by atoms with E-state index in [0.717, 1.165) is 0 Å². The molecule has 0 saturated carbocycles. The number of esters is 1. The van der Waals surface area contributed by atoms with Crippen LogP contribution >= 0.6 is 28.1 Å². The van der Waals surface area contributed by atoms with Gasteiger partial charge in [-0.05, 0) is 78.7 Å². The molecule has 236 valence electrons. The summed E-state index contributed by atoms with van der Waals surface area (Å²) in [6.45, 7) is 5.54. The summed E-state index contributed by atoms with van der Waals surface area (Å²) in [5.41, 5.74) is 4.98. The minimum absolute atomic E-state index is 0.0123. The van der Waals surface area contributed by atoms with Gasteiger partial charge in [-0.25, -0.2) is 14.6 Å². The zero-order valence-corrected chi connectivity index (χ0v) is 27.2. The fraction of sp³-hybridized carbons (Fsp3) is 0.250. The summed E-state index contributed by atoms with van der Waals surface area (Å²) in [5.74, 6) is -0.153. The molecule has 0 bridgehead atoms. The van der Waals surface area contributed by atoms with Gasteiger partial charge in [0.1, 0.15) is 18.2 Å². The van der Waals surface area contributed by atoms with Crippen LogP contribution in [0.2, 0.25) is 0 Å². The largest absolute Gasteiger partial charge is 0.490 e. The second kappa shape index (κ2) is 16.0. The van der Waals surface area contributed by atoms with Crippen LogP contribution in [0.5, 0.6) is 17.2 Å². The first-order valence-electron chi connectivity index (χ1n) is 14.0. The number of nitrogens with zero attached hydrogens (tertiary/aromatic N) is 1. The molecule has 0 saturated heterocycles. The molecule has 3 aromatic carbocycles. The van der Waals surface area contributed by atoms with E-state index in [-0.39, 0.29) is 25.6 Å². The average Bonchev–Trinajstić information content (AvgIpc) is 3.00. The Bertz CT molecular complexity index is 1630. The lowest BCUT2D eigenvalue weighted by Crippen LogP contribution is -2.45. The fourth-order valence-electron chi connectivity index (χ4n) is 4.44. The molecule has 0 spiro atoms. The highest BCUT2D eigenvalue weighted by Crippen LogP contribution is 2.37. The van der Waals surface area contributed by atoms with Crippen molar-refractivity contribution in [3.63, 3.8) is 0 Å². The van der Waals surface area contributed by atoms with Gasteiger partial charge in [-0.3, -0.25) is 4.79 Å². The van der Waals surface area contributed by atoms with E-state index in [4.69, 9.17) is 31.2 Å². The lowest BCUT2D eigenvalue weighted by molar-refractivity contribution is -0.139. The van der Waals surface area contributed by atoms with Crippen molar-refractivity contribution in [3.05, 3.63) is 98.9 Å². The zero-order valence-electron chi connectivity index (χ0n) is 24.8. The number of hydrogen-bond acceptors (Lipinski definition) is 8. The van der Waals surface area contributed by atoms with Gasteiger partial charge in [0.05, 0.1) is 35.5 Å². The van der Waals surface area contributed by atoms with Crippen LogP contribution in [0.15, 0.2) is 81.5 Å². The number of hydrazone groups is 1. The van der Waals surface area contributed by atoms with Gasteiger partial charge in [0.15, 0.2) is 23.2 Å². The molecule has 1 aliphatic heterocycles. The van der Waals surface area contributed by atoms with Crippen molar-refractivity contribution >= 4 is 51.4 Å². The number of carbonyl (C=O) groups is 2. The number of benzene rings is 3. The van der Waals surface area contributed by atoms with Crippen LogP contribution < -0.4 is 30.3 Å². The van der Waals surface area contributed by atoms with Gasteiger partial charge in [-0.2, -0.15) is 5.10 Å². The second-order valence-electron chi connectivity index (χ2n) is 9.55. The SMILES string of the molecule is CCOC(=O)C1=C(C)NC(=S)N[C@H]1c1ccccc1OCC(=O)NN=Cc1cc(Br)c(OCc2ccccc2F)c(OCC)c1. The van der Waals surface area contributed by atoms with Crippen molar-refractivity contribution < 1.29 is 32.9 Å². The summed E-state index contributed by atoms with van der Waals surface area (Å²) in [6.07, 6.45) is 1.44. The molecule has 3 N–H and O–H groups in total. The third kappa shape index (κ3) is 8.79. The highest BCUT2D eigenvalue weighted by molar-refractivity contribution is 9.10. The van der Waals surface area contributed by atoms with Gasteiger partial charge >= 0.3 is 5.97 Å². The first-order valence-corrected chi connectivity index (χ1v) is 15.2. The molecule has 1 atom stereocenters. The fourth-order valence-corrected chi connectivity index (χ4v) is 5.29. The van der Waals surface area contributed by atoms with Gasteiger partial charge in [-0.1, -0.05) is 36.4 Å². The monoisotopic (exact) mass is 698 g/mol. The second-order valence-corrected chi connectivity index (χ2v) is 10.8. The number of allylic oxidation sites excluding steroid dienone is 1. The predicted octanol–water partition coefficient (Wildman–Crippen LogP) is 5.45. The normalized spacial score (nSPS) is 14.4. The van der Waals surface area contributed by atoms with Crippen LogP contribution in [0.1, 0.15) is 43.5 Å². The molecule has 0 unspecified atom stereocenters. The molecule has 0 fully saturated rings. The number of thiocarbonyl (C=S) groups is 1. The summed E-state index contributed by atoms with van der Waals surface area (Å²) in [4.78, 5) is 25.4. The Balaban J connectivity index is 1.41. The molecule has 13 heteroatoms. The number of halogens is 2. The van der Waals surface area contributed by atoms with Crippen molar-refractivity contribution in [2.75, 3.05) is 19.8 Å². The maximum atomic E-state index is 14.1. The van der Waals surface area contributed by atoms with Crippen molar-refractivity contribution in [2.24, 2.45) is 5.10 Å². The van der Waals surface area contributed by atoms with Crippen LogP contribution in [0, 0.1) is 5.82 Å². The van der Waals surface area contributed by atoms with E-state index in [0.29, 0.717) is 61.4 Å². The first kappa shape index (κ1) is 33.4. The maximum Gasteiger partial charge on any atom is 0.338 e. The number of nitrogens with one attached hydrogen (secondary N) is 3. The smallest absolute Gasteiger partial charge is 0.338 e. The Morgan fingerprint density at radius 2 is 1.80 bits per heavy atom. The Labute approximate surface area is 274 Å².